The first-order chi connectivity index (χ1) is 16.1. The Labute approximate surface area is 197 Å². The van der Waals surface area contributed by atoms with Gasteiger partial charge in [0, 0.05) is 19.5 Å². The highest BCUT2D eigenvalue weighted by Crippen LogP contribution is 2.36. The van der Waals surface area contributed by atoms with Crippen LogP contribution in [0.25, 0.3) is 22.7 Å². The summed E-state index contributed by atoms with van der Waals surface area (Å²) in [5.74, 6) is -4.17. The topological polar surface area (TPSA) is 112 Å². The number of ether oxygens (including phenoxy) is 1. The molecule has 0 aliphatic heterocycles. The van der Waals surface area contributed by atoms with E-state index < -0.39 is 47.4 Å². The minimum atomic E-state index is -5.14. The molecular weight excluding hydrogens is 521 g/mol. The predicted molar refractivity (Wildman–Crippen MR) is 117 cm³/mol. The molecule has 0 spiro atoms. The Bertz CT molecular complexity index is 1470. The molecule has 3 rings (SSSR count). The van der Waals surface area contributed by atoms with E-state index in [1.807, 2.05) is 0 Å². The molecule has 15 heteroatoms. The van der Waals surface area contributed by atoms with Gasteiger partial charge in [0.25, 0.3) is 5.92 Å². The first-order valence-corrected chi connectivity index (χ1v) is 13.2. The molecule has 2 heterocycles. The zero-order valence-corrected chi connectivity index (χ0v) is 20.2. The van der Waals surface area contributed by atoms with Crippen LogP contribution in [-0.2, 0) is 19.6 Å². The zero-order valence-electron chi connectivity index (χ0n) is 18.6. The maximum Gasteiger partial charge on any atom is 0.483 e. The van der Waals surface area contributed by atoms with Crippen molar-refractivity contribution in [2.75, 3.05) is 18.9 Å². The van der Waals surface area contributed by atoms with E-state index >= 15 is 0 Å². The van der Waals surface area contributed by atoms with E-state index in [0.717, 1.165) is 30.5 Å². The van der Waals surface area contributed by atoms with Crippen molar-refractivity contribution in [1.82, 2.24) is 9.97 Å². The molecule has 0 saturated heterocycles. The number of hydrogen-bond acceptors (Lipinski definition) is 8. The number of halogens is 5. The zero-order chi connectivity index (χ0) is 26.2. The molecule has 3 aromatic rings. The summed E-state index contributed by atoms with van der Waals surface area (Å²) in [7, 11) is -8.77. The lowest BCUT2D eigenvalue weighted by Crippen LogP contribution is -2.23. The average molecular weight is 542 g/mol. The number of rotatable bonds is 8. The van der Waals surface area contributed by atoms with Gasteiger partial charge >= 0.3 is 5.51 Å². The van der Waals surface area contributed by atoms with Crippen LogP contribution in [0.15, 0.2) is 49.0 Å². The fourth-order valence-electron chi connectivity index (χ4n) is 2.91. The second-order valence-corrected chi connectivity index (χ2v) is 11.8. The molecule has 0 radical (unpaired) electrons. The Morgan fingerprint density at radius 3 is 2.34 bits per heavy atom. The molecule has 0 aliphatic rings. The Hall–Kier alpha value is -2.81. The number of benzene rings is 1. The average Bonchev–Trinajstić information content (AvgIpc) is 3.19. The van der Waals surface area contributed by atoms with E-state index in [-0.39, 0.29) is 40.7 Å². The fourth-order valence-corrected chi connectivity index (χ4v) is 5.40. The van der Waals surface area contributed by atoms with Crippen molar-refractivity contribution in [1.29, 1.82) is 0 Å². The van der Waals surface area contributed by atoms with E-state index in [2.05, 4.69) is 14.3 Å². The van der Waals surface area contributed by atoms with Crippen molar-refractivity contribution in [2.45, 2.75) is 42.0 Å². The molecule has 35 heavy (non-hydrogen) atoms. The third-order valence-corrected chi connectivity index (χ3v) is 8.42. The van der Waals surface area contributed by atoms with Crippen LogP contribution in [0.3, 0.4) is 0 Å². The molecule has 0 amide bonds. The molecule has 0 aliphatic carbocycles. The fraction of sp³-hybridized carbons (Fsp3) is 0.400. The summed E-state index contributed by atoms with van der Waals surface area (Å²) >= 11 is 0. The molecule has 1 atom stereocenters. The number of oxazole rings is 1. The highest BCUT2D eigenvalue weighted by Gasteiger charge is 2.44. The Kier molecular flexibility index (Phi) is 7.14. The summed E-state index contributed by atoms with van der Waals surface area (Å²) in [6, 6.07) is 3.92. The Balaban J connectivity index is 2.15. The Morgan fingerprint density at radius 2 is 1.77 bits per heavy atom. The molecule has 192 valence electrons. The molecule has 0 fully saturated rings. The molecule has 0 saturated carbocycles. The lowest BCUT2D eigenvalue weighted by atomic mass is 10.3. The van der Waals surface area contributed by atoms with Crippen LogP contribution in [0.2, 0.25) is 0 Å². The van der Waals surface area contributed by atoms with Crippen LogP contribution in [0.4, 0.5) is 22.0 Å². The maximum absolute atomic E-state index is 13.5. The number of alkyl halides is 5. The first-order valence-electron chi connectivity index (χ1n) is 10.0. The number of aromatic nitrogens is 2. The second kappa shape index (κ2) is 9.33. The first kappa shape index (κ1) is 26.8. The molecule has 2 aromatic heterocycles. The van der Waals surface area contributed by atoms with Crippen LogP contribution in [0.1, 0.15) is 20.8 Å². The highest BCUT2D eigenvalue weighted by atomic mass is 32.2. The van der Waals surface area contributed by atoms with Crippen molar-refractivity contribution in [3.05, 3.63) is 30.5 Å². The van der Waals surface area contributed by atoms with Gasteiger partial charge in [-0.2, -0.15) is 13.2 Å². The minimum Gasteiger partial charge on any atom is -0.486 e. The predicted octanol–water partition coefficient (Wildman–Crippen LogP) is 5.08. The largest absolute Gasteiger partial charge is 0.486 e. The normalized spacial score (nSPS) is 14.6. The molecule has 1 unspecified atom stereocenters. The van der Waals surface area contributed by atoms with Crippen molar-refractivity contribution in [3.8, 4) is 17.3 Å². The summed E-state index contributed by atoms with van der Waals surface area (Å²) in [5, 5.41) is 0. The third-order valence-electron chi connectivity index (χ3n) is 4.54. The van der Waals surface area contributed by atoms with Gasteiger partial charge in [0.15, 0.2) is 31.8 Å². The molecule has 1 aromatic carbocycles. The van der Waals surface area contributed by atoms with E-state index in [1.54, 1.807) is 0 Å². The summed E-state index contributed by atoms with van der Waals surface area (Å²) < 4.78 is 118. The quantitative estimate of drug-likeness (QED) is 0.366. The Morgan fingerprint density at radius 1 is 1.09 bits per heavy atom. The van der Waals surface area contributed by atoms with Crippen molar-refractivity contribution in [3.63, 3.8) is 0 Å². The summed E-state index contributed by atoms with van der Waals surface area (Å²) in [6.07, 6.45) is 0.993. The molecule has 8 nitrogen and oxygen atoms in total. The second-order valence-electron chi connectivity index (χ2n) is 7.35. The third kappa shape index (κ3) is 5.55. The smallest absolute Gasteiger partial charge is 0.483 e. The summed E-state index contributed by atoms with van der Waals surface area (Å²) in [5.41, 5.74) is -5.61. The van der Waals surface area contributed by atoms with Crippen molar-refractivity contribution >= 4 is 30.7 Å². The van der Waals surface area contributed by atoms with Crippen LogP contribution < -0.4 is 4.74 Å². The van der Waals surface area contributed by atoms with E-state index in [9.17, 15) is 34.6 Å². The van der Waals surface area contributed by atoms with Gasteiger partial charge in [0.1, 0.15) is 21.9 Å². The van der Waals surface area contributed by atoms with Crippen molar-refractivity contribution in [2.24, 2.45) is 4.36 Å². The standard InChI is InChI=1S/C20H20F5N3O5S2/c1-4-27-35(31,20(23,24)25)13-6-7-15-14(9-13)28-18(33-15)17-16(34(29,30)5-2)8-12(10-26-17)32-11-19(3,21)22/h6-10H,4-5,11H2,1-3H3. The van der Waals surface area contributed by atoms with Gasteiger partial charge in [-0.15, -0.1) is 0 Å². The molecule has 0 bridgehead atoms. The van der Waals surface area contributed by atoms with Crippen LogP contribution in [-0.4, -0.2) is 52.9 Å². The van der Waals surface area contributed by atoms with Crippen LogP contribution >= 0.6 is 0 Å². The number of hydrogen-bond donors (Lipinski definition) is 0. The summed E-state index contributed by atoms with van der Waals surface area (Å²) in [6.45, 7) is 1.91. The number of nitrogens with zero attached hydrogens (tertiary/aromatic N) is 3. The number of pyridine rings is 1. The number of sulfone groups is 1. The van der Waals surface area contributed by atoms with E-state index in [0.29, 0.717) is 6.92 Å². The van der Waals surface area contributed by atoms with Gasteiger partial charge < -0.3 is 9.15 Å². The van der Waals surface area contributed by atoms with Gasteiger partial charge in [-0.3, -0.25) is 0 Å². The van der Waals surface area contributed by atoms with Crippen LogP contribution in [0, 0.1) is 0 Å². The van der Waals surface area contributed by atoms with Gasteiger partial charge in [-0.25, -0.2) is 35.7 Å². The van der Waals surface area contributed by atoms with Crippen LogP contribution in [0.5, 0.6) is 5.75 Å². The number of fused-ring (bicyclic) bond motifs is 1. The lowest BCUT2D eigenvalue weighted by molar-refractivity contribution is -0.0404. The van der Waals surface area contributed by atoms with E-state index in [1.165, 1.54) is 13.8 Å². The maximum atomic E-state index is 13.5. The highest BCUT2D eigenvalue weighted by molar-refractivity contribution is 7.94. The van der Waals surface area contributed by atoms with Gasteiger partial charge in [-0.1, -0.05) is 6.92 Å². The lowest BCUT2D eigenvalue weighted by Gasteiger charge is -2.13. The van der Waals surface area contributed by atoms with E-state index in [4.69, 9.17) is 9.15 Å². The molecular formula is C20H20F5N3O5S2. The molecule has 0 N–H and O–H groups in total. The van der Waals surface area contributed by atoms with Gasteiger partial charge in [-0.05, 0) is 25.1 Å². The summed E-state index contributed by atoms with van der Waals surface area (Å²) in [4.78, 5) is 6.90. The monoisotopic (exact) mass is 541 g/mol. The van der Waals surface area contributed by atoms with Gasteiger partial charge in [0.05, 0.1) is 16.8 Å². The van der Waals surface area contributed by atoms with Gasteiger partial charge in [0.2, 0.25) is 5.89 Å². The minimum absolute atomic E-state index is 0.0308. The SMILES string of the molecule is CCN=S(=O)(c1ccc2oc(-c3ncc(OCC(C)(F)F)cc3S(=O)(=O)CC)nc2c1)C(F)(F)F. The van der Waals surface area contributed by atoms with Crippen molar-refractivity contribution < 1.29 is 43.7 Å².